The summed E-state index contributed by atoms with van der Waals surface area (Å²) in [6, 6.07) is 17.0. The van der Waals surface area contributed by atoms with E-state index in [0.29, 0.717) is 12.2 Å². The Balaban J connectivity index is 2.30. The molecule has 0 fully saturated rings. The first-order chi connectivity index (χ1) is 14.6. The molecule has 0 aliphatic rings. The third-order valence-electron chi connectivity index (χ3n) is 4.77. The van der Waals surface area contributed by atoms with Gasteiger partial charge in [0.15, 0.2) is 0 Å². The van der Waals surface area contributed by atoms with Crippen LogP contribution in [0, 0.1) is 5.92 Å². The van der Waals surface area contributed by atoms with Crippen molar-refractivity contribution in [1.82, 2.24) is 10.2 Å². The maximum atomic E-state index is 13.3. The second-order valence-electron chi connectivity index (χ2n) is 7.93. The molecule has 0 saturated carbocycles. The number of rotatable bonds is 10. The summed E-state index contributed by atoms with van der Waals surface area (Å²) >= 11 is 0. The number of sulfonamides is 1. The van der Waals surface area contributed by atoms with Crippen molar-refractivity contribution in [2.75, 3.05) is 23.7 Å². The quantitative estimate of drug-likeness (QED) is 0.609. The molecule has 168 valence electrons. The minimum atomic E-state index is -3.70. The Labute approximate surface area is 185 Å². The number of hydrogen-bond acceptors (Lipinski definition) is 4. The number of amides is 2. The molecule has 0 aromatic heterocycles. The second kappa shape index (κ2) is 10.9. The molecule has 7 nitrogen and oxygen atoms in total. The summed E-state index contributed by atoms with van der Waals surface area (Å²) in [6.45, 7) is 5.93. The van der Waals surface area contributed by atoms with Crippen LogP contribution in [0.1, 0.15) is 26.3 Å². The van der Waals surface area contributed by atoms with E-state index in [9.17, 15) is 18.0 Å². The predicted octanol–water partition coefficient (Wildman–Crippen LogP) is 2.64. The van der Waals surface area contributed by atoms with Gasteiger partial charge >= 0.3 is 0 Å². The number of benzene rings is 2. The van der Waals surface area contributed by atoms with Crippen molar-refractivity contribution in [3.8, 4) is 0 Å². The van der Waals surface area contributed by atoms with E-state index >= 15 is 0 Å². The van der Waals surface area contributed by atoms with Crippen molar-refractivity contribution >= 4 is 27.5 Å². The molecular weight excluding hydrogens is 414 g/mol. The normalized spacial score (nSPS) is 12.3. The number of carbonyl (C=O) groups is 2. The molecule has 0 heterocycles. The Kier molecular flexibility index (Phi) is 8.62. The molecule has 0 aliphatic carbocycles. The third kappa shape index (κ3) is 7.40. The summed E-state index contributed by atoms with van der Waals surface area (Å²) in [5.41, 5.74) is 1.25. The van der Waals surface area contributed by atoms with Gasteiger partial charge in [-0.3, -0.25) is 13.9 Å². The van der Waals surface area contributed by atoms with Gasteiger partial charge in [-0.1, -0.05) is 62.4 Å². The van der Waals surface area contributed by atoms with E-state index in [1.807, 2.05) is 44.2 Å². The molecule has 1 atom stereocenters. The number of para-hydroxylation sites is 1. The van der Waals surface area contributed by atoms with Gasteiger partial charge in [-0.15, -0.1) is 0 Å². The number of carbonyl (C=O) groups excluding carboxylic acids is 2. The Morgan fingerprint density at radius 1 is 0.935 bits per heavy atom. The van der Waals surface area contributed by atoms with Crippen LogP contribution in [0.4, 0.5) is 5.69 Å². The Morgan fingerprint density at radius 2 is 1.48 bits per heavy atom. The number of hydrogen-bond donors (Lipinski definition) is 1. The van der Waals surface area contributed by atoms with Gasteiger partial charge in [0.2, 0.25) is 21.8 Å². The standard InChI is InChI=1S/C23H31N3O4S/c1-18(2)15-24-23(28)19(3)25(16-20-11-7-5-8-12-20)22(27)17-26(31(4,29)30)21-13-9-6-10-14-21/h5-14,18-19H,15-17H2,1-4H3,(H,24,28). The molecule has 0 spiro atoms. The lowest BCUT2D eigenvalue weighted by atomic mass is 10.1. The van der Waals surface area contributed by atoms with Crippen LogP contribution in [0.15, 0.2) is 60.7 Å². The van der Waals surface area contributed by atoms with Gasteiger partial charge in [-0.2, -0.15) is 0 Å². The third-order valence-corrected chi connectivity index (χ3v) is 5.91. The molecular formula is C23H31N3O4S. The van der Waals surface area contributed by atoms with Gasteiger partial charge in [0.1, 0.15) is 12.6 Å². The summed E-state index contributed by atoms with van der Waals surface area (Å²) < 4.78 is 25.9. The van der Waals surface area contributed by atoms with Crippen LogP contribution in [0.2, 0.25) is 0 Å². The molecule has 2 rings (SSSR count). The lowest BCUT2D eigenvalue weighted by Crippen LogP contribution is -2.51. The fraction of sp³-hybridized carbons (Fsp3) is 0.391. The highest BCUT2D eigenvalue weighted by molar-refractivity contribution is 7.92. The van der Waals surface area contributed by atoms with Crippen LogP contribution in [0.3, 0.4) is 0 Å². The van der Waals surface area contributed by atoms with Crippen molar-refractivity contribution < 1.29 is 18.0 Å². The summed E-state index contributed by atoms with van der Waals surface area (Å²) in [4.78, 5) is 27.4. The van der Waals surface area contributed by atoms with Crippen LogP contribution >= 0.6 is 0 Å². The molecule has 31 heavy (non-hydrogen) atoms. The van der Waals surface area contributed by atoms with Crippen LogP contribution in [0.5, 0.6) is 0 Å². The molecule has 1 unspecified atom stereocenters. The maximum absolute atomic E-state index is 13.3. The Morgan fingerprint density at radius 3 is 2.00 bits per heavy atom. The van der Waals surface area contributed by atoms with Crippen LogP contribution in [0.25, 0.3) is 0 Å². The molecule has 2 aromatic rings. The Hall–Kier alpha value is -2.87. The average molecular weight is 446 g/mol. The summed E-state index contributed by atoms with van der Waals surface area (Å²) in [7, 11) is -3.70. The zero-order chi connectivity index (χ0) is 23.0. The van der Waals surface area contributed by atoms with Crippen molar-refractivity contribution in [3.05, 3.63) is 66.2 Å². The monoisotopic (exact) mass is 445 g/mol. The molecule has 1 N–H and O–H groups in total. The lowest BCUT2D eigenvalue weighted by Gasteiger charge is -2.31. The first-order valence-electron chi connectivity index (χ1n) is 10.2. The van der Waals surface area contributed by atoms with E-state index in [1.165, 1.54) is 4.90 Å². The van der Waals surface area contributed by atoms with Gasteiger partial charge in [0.05, 0.1) is 11.9 Å². The highest BCUT2D eigenvalue weighted by atomic mass is 32.2. The number of nitrogens with one attached hydrogen (secondary N) is 1. The number of anilines is 1. The van der Waals surface area contributed by atoms with Crippen LogP contribution < -0.4 is 9.62 Å². The van der Waals surface area contributed by atoms with Gasteiger partial charge in [-0.05, 0) is 30.5 Å². The molecule has 2 amide bonds. The van der Waals surface area contributed by atoms with Crippen molar-refractivity contribution in [1.29, 1.82) is 0 Å². The second-order valence-corrected chi connectivity index (χ2v) is 9.83. The van der Waals surface area contributed by atoms with E-state index in [1.54, 1.807) is 37.3 Å². The SMILES string of the molecule is CC(C)CNC(=O)C(C)N(Cc1ccccc1)C(=O)CN(c1ccccc1)S(C)(=O)=O. The van der Waals surface area contributed by atoms with E-state index in [2.05, 4.69) is 5.32 Å². The lowest BCUT2D eigenvalue weighted by molar-refractivity contribution is -0.139. The van der Waals surface area contributed by atoms with E-state index in [0.717, 1.165) is 16.1 Å². The van der Waals surface area contributed by atoms with E-state index < -0.39 is 28.5 Å². The zero-order valence-corrected chi connectivity index (χ0v) is 19.3. The Bertz CT molecular complexity index is 963. The highest BCUT2D eigenvalue weighted by Crippen LogP contribution is 2.18. The van der Waals surface area contributed by atoms with Gasteiger partial charge < -0.3 is 10.2 Å². The molecule has 8 heteroatoms. The molecule has 0 radical (unpaired) electrons. The first kappa shape index (κ1) is 24.4. The zero-order valence-electron chi connectivity index (χ0n) is 18.5. The molecule has 0 bridgehead atoms. The van der Waals surface area contributed by atoms with Crippen LogP contribution in [-0.2, 0) is 26.2 Å². The molecule has 0 aliphatic heterocycles. The average Bonchev–Trinajstić information content (AvgIpc) is 2.74. The summed E-state index contributed by atoms with van der Waals surface area (Å²) in [5, 5.41) is 2.85. The van der Waals surface area contributed by atoms with Gasteiger partial charge in [-0.25, -0.2) is 8.42 Å². The minimum absolute atomic E-state index is 0.197. The van der Waals surface area contributed by atoms with Crippen LogP contribution in [-0.4, -0.2) is 50.5 Å². The summed E-state index contributed by atoms with van der Waals surface area (Å²) in [5.74, 6) is -0.456. The molecule has 0 saturated heterocycles. The fourth-order valence-electron chi connectivity index (χ4n) is 3.02. The van der Waals surface area contributed by atoms with Gasteiger partial charge in [0, 0.05) is 13.1 Å². The topological polar surface area (TPSA) is 86.8 Å². The number of nitrogens with zero attached hydrogens (tertiary/aromatic N) is 2. The smallest absolute Gasteiger partial charge is 0.244 e. The van der Waals surface area contributed by atoms with E-state index in [4.69, 9.17) is 0 Å². The highest BCUT2D eigenvalue weighted by Gasteiger charge is 2.29. The van der Waals surface area contributed by atoms with Crippen molar-refractivity contribution in [2.45, 2.75) is 33.4 Å². The molecule has 2 aromatic carbocycles. The predicted molar refractivity (Wildman–Crippen MR) is 123 cm³/mol. The van der Waals surface area contributed by atoms with E-state index in [-0.39, 0.29) is 18.4 Å². The maximum Gasteiger partial charge on any atom is 0.244 e. The van der Waals surface area contributed by atoms with Crippen molar-refractivity contribution in [3.63, 3.8) is 0 Å². The fourth-order valence-corrected chi connectivity index (χ4v) is 3.87. The minimum Gasteiger partial charge on any atom is -0.354 e. The summed E-state index contributed by atoms with van der Waals surface area (Å²) in [6.07, 6.45) is 1.06. The van der Waals surface area contributed by atoms with Crippen molar-refractivity contribution in [2.24, 2.45) is 5.92 Å². The first-order valence-corrected chi connectivity index (χ1v) is 12.1. The van der Waals surface area contributed by atoms with Gasteiger partial charge in [0.25, 0.3) is 0 Å². The largest absolute Gasteiger partial charge is 0.354 e.